The minimum atomic E-state index is -0.981. The molecule has 1 aliphatic carbocycles. The molecule has 0 saturated carbocycles. The van der Waals surface area contributed by atoms with Crippen molar-refractivity contribution in [3.63, 3.8) is 0 Å². The Hall–Kier alpha value is -4.05. The molecular weight excluding hydrogens is 522 g/mol. The number of ether oxygens (including phenoxy) is 2. The van der Waals surface area contributed by atoms with Gasteiger partial charge in [-0.1, -0.05) is 54.6 Å². The normalized spacial score (nSPS) is 13.8. The summed E-state index contributed by atoms with van der Waals surface area (Å²) >= 11 is 5.54. The molecule has 2 amide bonds. The fraction of sp³-hybridized carbons (Fsp3) is 0.357. The van der Waals surface area contributed by atoms with Crippen LogP contribution in [0.4, 0.5) is 4.79 Å². The minimum absolute atomic E-state index is 0.0193. The summed E-state index contributed by atoms with van der Waals surface area (Å²) in [7, 11) is 1.23. The van der Waals surface area contributed by atoms with Crippen molar-refractivity contribution in [2.24, 2.45) is 10.7 Å². The fourth-order valence-corrected chi connectivity index (χ4v) is 4.62. The first-order chi connectivity index (χ1) is 18.9. The second-order valence-electron chi connectivity index (χ2n) is 8.86. The van der Waals surface area contributed by atoms with Gasteiger partial charge in [-0.15, -0.1) is 18.2 Å². The van der Waals surface area contributed by atoms with Crippen molar-refractivity contribution in [1.29, 1.82) is 0 Å². The lowest BCUT2D eigenvalue weighted by molar-refractivity contribution is -0.145. The highest BCUT2D eigenvalue weighted by Crippen LogP contribution is 2.44. The Morgan fingerprint density at radius 3 is 2.31 bits per heavy atom. The maximum Gasteiger partial charge on any atom is 0.407 e. The number of halogens is 1. The molecule has 0 aromatic heterocycles. The van der Waals surface area contributed by atoms with Gasteiger partial charge in [0.2, 0.25) is 5.91 Å². The molecule has 0 heterocycles. The fourth-order valence-electron chi connectivity index (χ4n) is 4.49. The summed E-state index contributed by atoms with van der Waals surface area (Å²) in [4.78, 5) is 41.9. The highest BCUT2D eigenvalue weighted by Gasteiger charge is 2.30. The van der Waals surface area contributed by atoms with Crippen LogP contribution in [-0.4, -0.2) is 62.3 Å². The van der Waals surface area contributed by atoms with Gasteiger partial charge in [0, 0.05) is 12.5 Å². The van der Waals surface area contributed by atoms with Crippen molar-refractivity contribution in [3.8, 4) is 11.1 Å². The Balaban J connectivity index is 1.66. The first-order valence-electron chi connectivity index (χ1n) is 12.6. The number of carbonyl (C=O) groups excluding carboxylic acids is 3. The number of fused-ring (bicyclic) bond motifs is 3. The van der Waals surface area contributed by atoms with Crippen LogP contribution in [0.1, 0.15) is 36.3 Å². The Morgan fingerprint density at radius 2 is 1.72 bits per heavy atom. The number of benzene rings is 2. The Labute approximate surface area is 233 Å². The van der Waals surface area contributed by atoms with E-state index in [9.17, 15) is 14.4 Å². The van der Waals surface area contributed by atoms with Crippen LogP contribution in [0.2, 0.25) is 0 Å². The summed E-state index contributed by atoms with van der Waals surface area (Å²) < 4.78 is 10.4. The smallest absolute Gasteiger partial charge is 0.407 e. The standard InChI is InChI=1S/C28H34ClN5O5/c1-3-9-24(26(36)38-2)33-25(35)23(14-8-15-31-27(30)32-17-29)34-28(37)39-16-22-20-12-6-4-10-18(20)19-11-5-7-13-21(19)22/h3-7,10-13,22-24H,1,8-9,14-17H2,2H3,(H,33,35)(H,34,37)(H3,30,31,32)/t23-,24-/m0/s1. The first-order valence-corrected chi connectivity index (χ1v) is 13.1. The maximum atomic E-state index is 13.1. The van der Waals surface area contributed by atoms with E-state index >= 15 is 0 Å². The number of carbonyl (C=O) groups is 3. The molecule has 3 rings (SSSR count). The lowest BCUT2D eigenvalue weighted by Crippen LogP contribution is -2.52. The van der Waals surface area contributed by atoms with E-state index in [0.717, 1.165) is 22.3 Å². The van der Waals surface area contributed by atoms with Crippen LogP contribution in [0.25, 0.3) is 11.1 Å². The molecule has 0 unspecified atom stereocenters. The minimum Gasteiger partial charge on any atom is -0.467 e. The van der Waals surface area contributed by atoms with Gasteiger partial charge in [-0.2, -0.15) is 0 Å². The lowest BCUT2D eigenvalue weighted by Gasteiger charge is -2.22. The van der Waals surface area contributed by atoms with Gasteiger partial charge < -0.3 is 31.2 Å². The number of amides is 2. The molecule has 2 aromatic rings. The molecule has 0 saturated heterocycles. The number of guanidine groups is 1. The molecule has 0 spiro atoms. The molecule has 2 aromatic carbocycles. The Kier molecular flexibility index (Phi) is 11.2. The van der Waals surface area contributed by atoms with Crippen molar-refractivity contribution in [2.75, 3.05) is 26.3 Å². The van der Waals surface area contributed by atoms with Gasteiger partial charge in [0.15, 0.2) is 5.96 Å². The molecule has 0 radical (unpaired) electrons. The summed E-state index contributed by atoms with van der Waals surface area (Å²) in [5, 5.41) is 8.15. The summed E-state index contributed by atoms with van der Waals surface area (Å²) in [6.45, 7) is 4.10. The van der Waals surface area contributed by atoms with Crippen molar-refractivity contribution in [2.45, 2.75) is 37.3 Å². The molecule has 11 heteroatoms. The van der Waals surface area contributed by atoms with Gasteiger partial charge in [-0.3, -0.25) is 4.79 Å². The highest BCUT2D eigenvalue weighted by atomic mass is 35.5. The average Bonchev–Trinajstić information content (AvgIpc) is 3.26. The third kappa shape index (κ3) is 7.97. The topological polar surface area (TPSA) is 144 Å². The van der Waals surface area contributed by atoms with E-state index in [2.05, 4.69) is 27.5 Å². The number of alkyl carbamates (subject to hydrolysis) is 1. The van der Waals surface area contributed by atoms with Crippen molar-refractivity contribution in [1.82, 2.24) is 16.0 Å². The quantitative estimate of drug-likeness (QED) is 0.0565. The predicted octanol–water partition coefficient (Wildman–Crippen LogP) is 3.01. The number of nitrogens with zero attached hydrogens (tertiary/aromatic N) is 1. The number of rotatable bonds is 13. The second kappa shape index (κ2) is 14.8. The molecular formula is C28H34ClN5O5. The summed E-state index contributed by atoms with van der Waals surface area (Å²) in [6.07, 6.45) is 1.61. The van der Waals surface area contributed by atoms with Gasteiger partial charge in [0.05, 0.1) is 7.11 Å². The van der Waals surface area contributed by atoms with Crippen LogP contribution in [-0.2, 0) is 19.1 Å². The van der Waals surface area contributed by atoms with E-state index in [0.29, 0.717) is 13.0 Å². The van der Waals surface area contributed by atoms with Crippen molar-refractivity contribution in [3.05, 3.63) is 72.3 Å². The monoisotopic (exact) mass is 555 g/mol. The predicted molar refractivity (Wildman–Crippen MR) is 150 cm³/mol. The molecule has 2 atom stereocenters. The summed E-state index contributed by atoms with van der Waals surface area (Å²) in [5.41, 5.74) is 10.1. The highest BCUT2D eigenvalue weighted by molar-refractivity contribution is 6.18. The van der Waals surface area contributed by atoms with Gasteiger partial charge in [0.25, 0.3) is 0 Å². The zero-order chi connectivity index (χ0) is 28.2. The van der Waals surface area contributed by atoms with Crippen LogP contribution in [0, 0.1) is 0 Å². The zero-order valence-electron chi connectivity index (χ0n) is 21.8. The number of methoxy groups -OCH3 is 1. The maximum absolute atomic E-state index is 13.1. The van der Waals surface area contributed by atoms with Gasteiger partial charge >= 0.3 is 12.1 Å². The first kappa shape index (κ1) is 29.5. The Bertz CT molecular complexity index is 1160. The molecule has 39 heavy (non-hydrogen) atoms. The second-order valence-corrected chi connectivity index (χ2v) is 9.10. The van der Waals surface area contributed by atoms with Crippen LogP contribution in [0.3, 0.4) is 0 Å². The van der Waals surface area contributed by atoms with E-state index < -0.39 is 30.1 Å². The Morgan fingerprint density at radius 1 is 1.08 bits per heavy atom. The van der Waals surface area contributed by atoms with Gasteiger partial charge in [-0.05, 0) is 41.5 Å². The molecule has 5 N–H and O–H groups in total. The van der Waals surface area contributed by atoms with Gasteiger partial charge in [-0.25, -0.2) is 14.6 Å². The average molecular weight is 556 g/mol. The number of nitrogens with two attached hydrogens (primary N) is 1. The third-order valence-corrected chi connectivity index (χ3v) is 6.48. The van der Waals surface area contributed by atoms with Crippen LogP contribution in [0.5, 0.6) is 0 Å². The molecule has 10 nitrogen and oxygen atoms in total. The molecule has 1 aliphatic rings. The molecule has 0 bridgehead atoms. The lowest BCUT2D eigenvalue weighted by atomic mass is 9.98. The number of hydrogen-bond donors (Lipinski definition) is 4. The largest absolute Gasteiger partial charge is 0.467 e. The van der Waals surface area contributed by atoms with E-state index in [1.807, 2.05) is 48.5 Å². The number of esters is 1. The number of aliphatic imine (C=N–C) groups is 1. The van der Waals surface area contributed by atoms with E-state index in [1.54, 1.807) is 0 Å². The molecule has 208 valence electrons. The summed E-state index contributed by atoms with van der Waals surface area (Å²) in [6, 6.07) is 14.1. The number of nitrogens with one attached hydrogen (secondary N) is 3. The number of alkyl halides is 1. The van der Waals surface area contributed by atoms with Crippen LogP contribution in [0.15, 0.2) is 66.2 Å². The van der Waals surface area contributed by atoms with Gasteiger partial charge in [0.1, 0.15) is 24.7 Å². The summed E-state index contributed by atoms with van der Waals surface area (Å²) in [5.74, 6) is -1.12. The van der Waals surface area contributed by atoms with Crippen molar-refractivity contribution >= 4 is 35.5 Å². The SMILES string of the molecule is C=CC[C@H](NC(=O)[C@H](CCCNC(N)=NCCl)NC(=O)OCC1c2ccccc2-c2ccccc21)C(=O)OC. The molecule has 0 fully saturated rings. The van der Waals surface area contributed by atoms with E-state index in [1.165, 1.54) is 13.2 Å². The zero-order valence-corrected chi connectivity index (χ0v) is 22.6. The van der Waals surface area contributed by atoms with E-state index in [-0.39, 0.29) is 37.3 Å². The van der Waals surface area contributed by atoms with Crippen LogP contribution >= 0.6 is 11.6 Å². The number of hydrogen-bond acceptors (Lipinski definition) is 6. The molecule has 0 aliphatic heterocycles. The van der Waals surface area contributed by atoms with Crippen molar-refractivity contribution < 1.29 is 23.9 Å². The van der Waals surface area contributed by atoms with Crippen LogP contribution < -0.4 is 21.7 Å². The third-order valence-electron chi connectivity index (χ3n) is 6.36. The van der Waals surface area contributed by atoms with E-state index in [4.69, 9.17) is 26.8 Å².